The SMILES string of the molecule is CCC(/C=C/C1=[N+](CCOC)c2c(C)cc(OC)cc2C1(C)C)=C(Cl)\C(=C\C=C1\N(CCOC)c2c(C)cc(OC)cc2C1(C)C)CC. The molecule has 2 heterocycles. The number of halogens is 1. The predicted octanol–water partition coefficient (Wildman–Crippen LogP) is 9.47. The smallest absolute Gasteiger partial charge is 0.213 e. The van der Waals surface area contributed by atoms with Gasteiger partial charge >= 0.3 is 0 Å². The van der Waals surface area contributed by atoms with Crippen molar-refractivity contribution >= 4 is 28.7 Å². The summed E-state index contributed by atoms with van der Waals surface area (Å²) in [5, 5.41) is 0.804. The van der Waals surface area contributed by atoms with Crippen LogP contribution in [0.2, 0.25) is 0 Å². The fraction of sp³-hybridized carbons (Fsp3) is 0.488. The van der Waals surface area contributed by atoms with E-state index in [9.17, 15) is 0 Å². The van der Waals surface area contributed by atoms with Crippen LogP contribution in [-0.2, 0) is 20.3 Å². The molecule has 2 aliphatic heterocycles. The van der Waals surface area contributed by atoms with Gasteiger partial charge in [0, 0.05) is 59.8 Å². The normalized spacial score (nSPS) is 18.1. The molecular weight excluding hydrogens is 620 g/mol. The summed E-state index contributed by atoms with van der Waals surface area (Å²) >= 11 is 7.30. The first kappa shape index (κ1) is 37.5. The number of rotatable bonds is 14. The molecule has 0 aliphatic carbocycles. The first-order chi connectivity index (χ1) is 22.8. The molecule has 0 fully saturated rings. The summed E-state index contributed by atoms with van der Waals surface area (Å²) < 4.78 is 24.8. The van der Waals surface area contributed by atoms with Crippen LogP contribution in [0, 0.1) is 13.8 Å². The Kier molecular flexibility index (Phi) is 12.1. The zero-order chi connectivity index (χ0) is 35.4. The molecule has 2 aliphatic rings. The molecule has 48 heavy (non-hydrogen) atoms. The van der Waals surface area contributed by atoms with Crippen LogP contribution in [-0.4, -0.2) is 65.0 Å². The number of allylic oxidation sites excluding steroid dienone is 8. The maximum atomic E-state index is 7.30. The van der Waals surface area contributed by atoms with Gasteiger partial charge in [-0.15, -0.1) is 0 Å². The molecule has 6 nitrogen and oxygen atoms in total. The van der Waals surface area contributed by atoms with E-state index in [0.717, 1.165) is 53.6 Å². The molecule has 0 atom stereocenters. The molecule has 0 radical (unpaired) electrons. The Morgan fingerprint density at radius 3 is 2.04 bits per heavy atom. The third kappa shape index (κ3) is 7.03. The average molecular weight is 676 g/mol. The second-order valence-corrected chi connectivity index (χ2v) is 14.1. The van der Waals surface area contributed by atoms with Crippen molar-refractivity contribution < 1.29 is 23.5 Å². The number of hydrogen-bond acceptors (Lipinski definition) is 5. The Bertz CT molecular complexity index is 1680. The molecule has 7 heteroatoms. The number of nitrogens with zero attached hydrogens (tertiary/aromatic N) is 2. The summed E-state index contributed by atoms with van der Waals surface area (Å²) in [6, 6.07) is 8.57. The molecule has 0 amide bonds. The molecule has 260 valence electrons. The summed E-state index contributed by atoms with van der Waals surface area (Å²) in [6.45, 7) is 20.6. The van der Waals surface area contributed by atoms with Gasteiger partial charge in [-0.05, 0) is 93.2 Å². The Balaban J connectivity index is 1.79. The number of benzene rings is 2. The standard InChI is InChI=1S/C41H56ClN2O4/c1-13-29(15-17-35-40(5,6)33-25-31(47-11)23-27(3)38(33)43(35)19-21-45-9)37(42)30(14-2)16-18-36-41(7,8)34-26-32(48-12)24-28(4)39(34)44(36)20-22-46-10/h15-18,23-26H,13-14,19-22H2,1-12H3/q+1. The number of anilines is 1. The van der Waals surface area contributed by atoms with Crippen LogP contribution in [0.3, 0.4) is 0 Å². The van der Waals surface area contributed by atoms with Crippen molar-refractivity contribution in [1.29, 1.82) is 0 Å². The minimum absolute atomic E-state index is 0.229. The Morgan fingerprint density at radius 2 is 1.46 bits per heavy atom. The van der Waals surface area contributed by atoms with E-state index in [1.165, 1.54) is 45.0 Å². The molecule has 0 bridgehead atoms. The maximum absolute atomic E-state index is 7.30. The van der Waals surface area contributed by atoms with Crippen molar-refractivity contribution in [3.8, 4) is 11.5 Å². The third-order valence-electron chi connectivity index (χ3n) is 10.0. The van der Waals surface area contributed by atoms with Crippen LogP contribution in [0.4, 0.5) is 11.4 Å². The Labute approximate surface area is 294 Å². The van der Waals surface area contributed by atoms with Crippen molar-refractivity contribution in [2.45, 2.75) is 79.1 Å². The van der Waals surface area contributed by atoms with Gasteiger partial charge in [-0.3, -0.25) is 0 Å². The van der Waals surface area contributed by atoms with Crippen molar-refractivity contribution in [3.05, 3.63) is 92.7 Å². The topological polar surface area (TPSA) is 43.2 Å². The highest BCUT2D eigenvalue weighted by atomic mass is 35.5. The van der Waals surface area contributed by atoms with Crippen LogP contribution in [0.1, 0.15) is 76.6 Å². The van der Waals surface area contributed by atoms with Crippen LogP contribution in [0.15, 0.2) is 70.4 Å². The van der Waals surface area contributed by atoms with Gasteiger partial charge in [0.05, 0.1) is 26.2 Å². The largest absolute Gasteiger partial charge is 0.497 e. The minimum atomic E-state index is -0.229. The molecule has 0 spiro atoms. The maximum Gasteiger partial charge on any atom is 0.213 e. The second-order valence-electron chi connectivity index (χ2n) is 13.7. The van der Waals surface area contributed by atoms with E-state index < -0.39 is 0 Å². The highest BCUT2D eigenvalue weighted by Gasteiger charge is 2.46. The van der Waals surface area contributed by atoms with E-state index in [0.29, 0.717) is 13.2 Å². The van der Waals surface area contributed by atoms with Crippen molar-refractivity contribution in [2.75, 3.05) is 59.6 Å². The van der Waals surface area contributed by atoms with Gasteiger partial charge in [-0.25, -0.2) is 0 Å². The summed E-state index contributed by atoms with van der Waals surface area (Å²) in [6.07, 6.45) is 10.6. The highest BCUT2D eigenvalue weighted by molar-refractivity contribution is 6.32. The van der Waals surface area contributed by atoms with Crippen LogP contribution >= 0.6 is 11.6 Å². The monoisotopic (exact) mass is 675 g/mol. The molecule has 0 saturated carbocycles. The lowest BCUT2D eigenvalue weighted by Crippen LogP contribution is -2.29. The van der Waals surface area contributed by atoms with Crippen LogP contribution < -0.4 is 14.4 Å². The number of aryl methyl sites for hydroxylation is 2. The zero-order valence-corrected chi connectivity index (χ0v) is 32.0. The van der Waals surface area contributed by atoms with Gasteiger partial charge in [0.1, 0.15) is 18.1 Å². The highest BCUT2D eigenvalue weighted by Crippen LogP contribution is 2.51. The van der Waals surface area contributed by atoms with Crippen LogP contribution in [0.5, 0.6) is 11.5 Å². The average Bonchev–Trinajstić information content (AvgIpc) is 3.41. The summed E-state index contributed by atoms with van der Waals surface area (Å²) in [4.78, 5) is 2.40. The number of fused-ring (bicyclic) bond motifs is 2. The molecule has 2 aromatic carbocycles. The molecule has 0 N–H and O–H groups in total. The molecule has 2 aromatic rings. The molecule has 4 rings (SSSR count). The van der Waals surface area contributed by atoms with Crippen molar-refractivity contribution in [2.24, 2.45) is 0 Å². The van der Waals surface area contributed by atoms with Crippen molar-refractivity contribution in [3.63, 3.8) is 0 Å². The third-order valence-corrected chi connectivity index (χ3v) is 10.5. The van der Waals surface area contributed by atoms with Gasteiger partial charge < -0.3 is 23.8 Å². The van der Waals surface area contributed by atoms with E-state index in [1.807, 2.05) is 0 Å². The number of hydrogen-bond donors (Lipinski definition) is 0. The minimum Gasteiger partial charge on any atom is -0.497 e. The lowest BCUT2D eigenvalue weighted by atomic mass is 9.80. The fourth-order valence-electron chi connectivity index (χ4n) is 7.27. The molecular formula is C41H56ClN2O4+. The molecule has 0 saturated heterocycles. The first-order valence-corrected chi connectivity index (χ1v) is 17.5. The summed E-state index contributed by atoms with van der Waals surface area (Å²) in [7, 11) is 6.97. The zero-order valence-electron chi connectivity index (χ0n) is 31.3. The van der Waals surface area contributed by atoms with E-state index >= 15 is 0 Å². The Morgan fingerprint density at radius 1 is 0.833 bits per heavy atom. The fourth-order valence-corrected chi connectivity index (χ4v) is 7.67. The lowest BCUT2D eigenvalue weighted by Gasteiger charge is -2.27. The lowest BCUT2D eigenvalue weighted by molar-refractivity contribution is -0.442. The predicted molar refractivity (Wildman–Crippen MR) is 201 cm³/mol. The van der Waals surface area contributed by atoms with E-state index in [1.54, 1.807) is 28.4 Å². The van der Waals surface area contributed by atoms with Gasteiger partial charge in [0.25, 0.3) is 0 Å². The Hall–Kier alpha value is -3.32. The summed E-state index contributed by atoms with van der Waals surface area (Å²) in [5.41, 5.74) is 11.6. The van der Waals surface area contributed by atoms with Gasteiger partial charge in [0.15, 0.2) is 12.3 Å². The number of ether oxygens (including phenoxy) is 4. The van der Waals surface area contributed by atoms with E-state index in [-0.39, 0.29) is 10.8 Å². The van der Waals surface area contributed by atoms with Gasteiger partial charge in [0.2, 0.25) is 5.69 Å². The molecule has 0 unspecified atom stereocenters. The van der Waals surface area contributed by atoms with Crippen molar-refractivity contribution in [1.82, 2.24) is 0 Å². The van der Waals surface area contributed by atoms with E-state index in [4.69, 9.17) is 30.5 Å². The first-order valence-electron chi connectivity index (χ1n) is 17.1. The van der Waals surface area contributed by atoms with Gasteiger partial charge in [-0.2, -0.15) is 4.58 Å². The van der Waals surface area contributed by atoms with E-state index in [2.05, 4.69) is 113 Å². The quantitative estimate of drug-likeness (QED) is 0.147. The second kappa shape index (κ2) is 15.5. The summed E-state index contributed by atoms with van der Waals surface area (Å²) in [5.74, 6) is 1.76. The number of methoxy groups -OCH3 is 4. The molecule has 0 aromatic heterocycles. The van der Waals surface area contributed by atoms with Gasteiger partial charge in [-0.1, -0.05) is 51.4 Å². The van der Waals surface area contributed by atoms with Crippen LogP contribution in [0.25, 0.3) is 0 Å².